The summed E-state index contributed by atoms with van der Waals surface area (Å²) in [6.45, 7) is 5.86. The Balaban J connectivity index is 1.67. The number of anilines is 2. The van der Waals surface area contributed by atoms with Gasteiger partial charge in [-0.05, 0) is 56.2 Å². The maximum Gasteiger partial charge on any atom is 0.266 e. The van der Waals surface area contributed by atoms with Crippen molar-refractivity contribution in [3.63, 3.8) is 0 Å². The zero-order valence-corrected chi connectivity index (χ0v) is 21.9. The van der Waals surface area contributed by atoms with E-state index in [9.17, 15) is 4.79 Å². The molecule has 9 nitrogen and oxygen atoms in total. The molecule has 0 spiro atoms. The number of aromatic nitrogens is 6. The number of nitrogens with two attached hydrogens (primary N) is 1. The average Bonchev–Trinajstić information content (AvgIpc) is 3.31. The molecule has 38 heavy (non-hydrogen) atoms. The topological polar surface area (TPSA) is 117 Å². The summed E-state index contributed by atoms with van der Waals surface area (Å²) >= 11 is 0. The van der Waals surface area contributed by atoms with Gasteiger partial charge in [0, 0.05) is 25.0 Å². The van der Waals surface area contributed by atoms with Crippen LogP contribution in [-0.4, -0.2) is 29.1 Å². The summed E-state index contributed by atoms with van der Waals surface area (Å²) in [5.41, 5.74) is 9.76. The van der Waals surface area contributed by atoms with E-state index in [1.807, 2.05) is 99.3 Å². The molecule has 0 aliphatic rings. The van der Waals surface area contributed by atoms with Crippen LogP contribution in [0.5, 0.6) is 0 Å². The minimum Gasteiger partial charge on any atom is -0.368 e. The highest BCUT2D eigenvalue weighted by Gasteiger charge is 2.22. The van der Waals surface area contributed by atoms with Gasteiger partial charge in [-0.25, -0.2) is 15.0 Å². The fourth-order valence-electron chi connectivity index (χ4n) is 4.60. The Hall–Kier alpha value is -4.79. The summed E-state index contributed by atoms with van der Waals surface area (Å²) in [6, 6.07) is 15.0. The Morgan fingerprint density at radius 1 is 1.03 bits per heavy atom. The largest absolute Gasteiger partial charge is 0.368 e. The number of para-hydroxylation sites is 1. The molecule has 0 aliphatic carbocycles. The number of aryl methyl sites for hydroxylation is 3. The van der Waals surface area contributed by atoms with Gasteiger partial charge in [0.25, 0.3) is 5.56 Å². The molecule has 9 heteroatoms. The molecule has 0 saturated heterocycles. The molecule has 1 unspecified atom stereocenters. The van der Waals surface area contributed by atoms with Crippen molar-refractivity contribution in [1.29, 1.82) is 0 Å². The van der Waals surface area contributed by atoms with Gasteiger partial charge in [0.1, 0.15) is 17.5 Å². The molecule has 1 atom stereocenters. The molecule has 3 N–H and O–H groups in total. The molecule has 0 amide bonds. The smallest absolute Gasteiger partial charge is 0.266 e. The Labute approximate surface area is 220 Å². The summed E-state index contributed by atoms with van der Waals surface area (Å²) in [6.07, 6.45) is 8.10. The van der Waals surface area contributed by atoms with Crippen LogP contribution in [0.4, 0.5) is 11.8 Å². The molecule has 2 aromatic carbocycles. The molecular formula is C29H30N8O. The van der Waals surface area contributed by atoms with E-state index in [-0.39, 0.29) is 17.5 Å². The number of benzene rings is 2. The molecule has 0 saturated carbocycles. The van der Waals surface area contributed by atoms with Gasteiger partial charge in [-0.1, -0.05) is 37.3 Å². The van der Waals surface area contributed by atoms with Crippen molar-refractivity contribution in [3.05, 3.63) is 99.7 Å². The molecule has 192 valence electrons. The molecule has 0 radical (unpaired) electrons. The second kappa shape index (κ2) is 10.3. The fourth-order valence-corrected chi connectivity index (χ4v) is 4.60. The SMILES string of the molecule is CCC(Nc1nc(N)nc(C)c1/C=C/c1nccn1C)c1nc2cccc(C)c2c(=O)n1-c1ccccc1. The van der Waals surface area contributed by atoms with E-state index in [2.05, 4.69) is 20.3 Å². The zero-order chi connectivity index (χ0) is 26.8. The summed E-state index contributed by atoms with van der Waals surface area (Å²) in [7, 11) is 1.93. The third-order valence-electron chi connectivity index (χ3n) is 6.59. The van der Waals surface area contributed by atoms with Gasteiger partial charge in [-0.15, -0.1) is 0 Å². The van der Waals surface area contributed by atoms with Crippen LogP contribution in [0, 0.1) is 13.8 Å². The maximum absolute atomic E-state index is 13.9. The number of nitrogen functional groups attached to an aromatic ring is 1. The Bertz CT molecular complexity index is 1700. The molecule has 3 heterocycles. The Morgan fingerprint density at radius 2 is 1.82 bits per heavy atom. The number of fused-ring (bicyclic) bond motifs is 1. The summed E-state index contributed by atoms with van der Waals surface area (Å²) in [4.78, 5) is 32.2. The molecule has 5 rings (SSSR count). The highest BCUT2D eigenvalue weighted by atomic mass is 16.1. The molecule has 0 aliphatic heterocycles. The number of hydrogen-bond donors (Lipinski definition) is 2. The number of rotatable bonds is 7. The first-order chi connectivity index (χ1) is 18.4. The van der Waals surface area contributed by atoms with Crippen LogP contribution in [-0.2, 0) is 7.05 Å². The second-order valence-corrected chi connectivity index (χ2v) is 9.18. The van der Waals surface area contributed by atoms with E-state index in [0.29, 0.717) is 29.0 Å². The summed E-state index contributed by atoms with van der Waals surface area (Å²) < 4.78 is 3.61. The van der Waals surface area contributed by atoms with E-state index in [1.54, 1.807) is 10.8 Å². The monoisotopic (exact) mass is 506 g/mol. The van der Waals surface area contributed by atoms with Crippen LogP contribution < -0.4 is 16.6 Å². The highest BCUT2D eigenvalue weighted by Crippen LogP contribution is 2.28. The van der Waals surface area contributed by atoms with Crippen LogP contribution in [0.25, 0.3) is 28.7 Å². The van der Waals surface area contributed by atoms with Gasteiger partial charge in [0.05, 0.1) is 28.3 Å². The predicted molar refractivity (Wildman–Crippen MR) is 152 cm³/mol. The standard InChI is InChI=1S/C29H30N8O/c1-5-22(33-26-21(19(3)32-29(30)35-26)14-15-24-31-16-17-36(24)4)27-34-23-13-9-10-18(2)25(23)28(38)37(27)20-11-7-6-8-12-20/h6-17,22H,5H2,1-4H3,(H3,30,32,33,35)/b15-14+. The van der Waals surface area contributed by atoms with E-state index in [0.717, 1.165) is 28.3 Å². The van der Waals surface area contributed by atoms with Gasteiger partial charge in [0.15, 0.2) is 0 Å². The molecule has 5 aromatic rings. The summed E-state index contributed by atoms with van der Waals surface area (Å²) in [5, 5.41) is 4.13. The predicted octanol–water partition coefficient (Wildman–Crippen LogP) is 4.84. The van der Waals surface area contributed by atoms with Crippen molar-refractivity contribution < 1.29 is 0 Å². The number of imidazole rings is 1. The number of nitrogens with one attached hydrogen (secondary N) is 1. The number of nitrogens with zero attached hydrogens (tertiary/aromatic N) is 6. The quantitative estimate of drug-likeness (QED) is 0.324. The van der Waals surface area contributed by atoms with Gasteiger partial charge in [-0.2, -0.15) is 4.98 Å². The molecule has 0 fully saturated rings. The van der Waals surface area contributed by atoms with Crippen molar-refractivity contribution in [1.82, 2.24) is 29.1 Å². The van der Waals surface area contributed by atoms with E-state index in [4.69, 9.17) is 10.7 Å². The lowest BCUT2D eigenvalue weighted by molar-refractivity contribution is 0.658. The fraction of sp³-hybridized carbons (Fsp3) is 0.207. The van der Waals surface area contributed by atoms with Crippen LogP contribution in [0.2, 0.25) is 0 Å². The minimum absolute atomic E-state index is 0.108. The first-order valence-corrected chi connectivity index (χ1v) is 12.5. The average molecular weight is 507 g/mol. The lowest BCUT2D eigenvalue weighted by Crippen LogP contribution is -2.29. The van der Waals surface area contributed by atoms with Gasteiger partial charge >= 0.3 is 0 Å². The first kappa shape index (κ1) is 24.9. The number of hydrogen-bond acceptors (Lipinski definition) is 7. The van der Waals surface area contributed by atoms with Crippen LogP contribution in [0.15, 0.2) is 65.7 Å². The highest BCUT2D eigenvalue weighted by molar-refractivity contribution is 5.81. The van der Waals surface area contributed by atoms with Crippen molar-refractivity contribution in [2.24, 2.45) is 7.05 Å². The maximum atomic E-state index is 13.9. The molecule has 0 bridgehead atoms. The van der Waals surface area contributed by atoms with Crippen molar-refractivity contribution in [2.75, 3.05) is 11.1 Å². The third kappa shape index (κ3) is 4.66. The van der Waals surface area contributed by atoms with Crippen molar-refractivity contribution >= 4 is 34.8 Å². The van der Waals surface area contributed by atoms with Crippen LogP contribution in [0.3, 0.4) is 0 Å². The van der Waals surface area contributed by atoms with Crippen molar-refractivity contribution in [2.45, 2.75) is 33.2 Å². The zero-order valence-electron chi connectivity index (χ0n) is 21.9. The van der Waals surface area contributed by atoms with E-state index < -0.39 is 0 Å². The normalized spacial score (nSPS) is 12.3. The van der Waals surface area contributed by atoms with E-state index in [1.165, 1.54) is 0 Å². The van der Waals surface area contributed by atoms with Gasteiger partial charge < -0.3 is 15.6 Å². The second-order valence-electron chi connectivity index (χ2n) is 9.18. The Kier molecular flexibility index (Phi) is 6.74. The lowest BCUT2D eigenvalue weighted by atomic mass is 10.1. The summed E-state index contributed by atoms with van der Waals surface area (Å²) in [5.74, 6) is 2.11. The minimum atomic E-state index is -0.346. The Morgan fingerprint density at radius 3 is 2.53 bits per heavy atom. The van der Waals surface area contributed by atoms with Crippen LogP contribution >= 0.6 is 0 Å². The first-order valence-electron chi connectivity index (χ1n) is 12.5. The van der Waals surface area contributed by atoms with Crippen molar-refractivity contribution in [3.8, 4) is 5.69 Å². The van der Waals surface area contributed by atoms with Gasteiger partial charge in [0.2, 0.25) is 5.95 Å². The van der Waals surface area contributed by atoms with E-state index >= 15 is 0 Å². The van der Waals surface area contributed by atoms with Crippen LogP contribution in [0.1, 0.15) is 47.9 Å². The lowest BCUT2D eigenvalue weighted by Gasteiger charge is -2.23. The molecular weight excluding hydrogens is 476 g/mol. The van der Waals surface area contributed by atoms with Gasteiger partial charge in [-0.3, -0.25) is 9.36 Å². The third-order valence-corrected chi connectivity index (χ3v) is 6.59. The molecule has 3 aromatic heterocycles.